The van der Waals surface area contributed by atoms with Gasteiger partial charge >= 0.3 is 0 Å². The van der Waals surface area contributed by atoms with E-state index in [1.54, 1.807) is 0 Å². The maximum atomic E-state index is 2.69. The molecule has 0 N–H and O–H groups in total. The molecule has 0 aromatic heterocycles. The van der Waals surface area contributed by atoms with E-state index in [2.05, 4.69) is 79.4 Å². The molecule has 2 aromatic rings. The molecule has 0 saturated heterocycles. The fourth-order valence-corrected chi connectivity index (χ4v) is 4.50. The minimum Gasteiger partial charge on any atom is -0.303 e. The molecule has 0 fully saturated rings. The summed E-state index contributed by atoms with van der Waals surface area (Å²) >= 11 is 0. The number of rotatable bonds is 19. The van der Waals surface area contributed by atoms with Crippen molar-refractivity contribution in [3.63, 3.8) is 0 Å². The molecule has 0 atom stereocenters. The Morgan fingerprint density at radius 1 is 0.500 bits per heavy atom. The van der Waals surface area contributed by atoms with Crippen LogP contribution in [-0.4, -0.2) is 24.5 Å². The molecule has 2 aromatic carbocycles. The zero-order valence-electron chi connectivity index (χ0n) is 21.1. The molecule has 0 radical (unpaired) electrons. The first-order valence-electron chi connectivity index (χ1n) is 13.5. The van der Waals surface area contributed by atoms with Crippen LogP contribution in [0.25, 0.3) is 0 Å². The summed E-state index contributed by atoms with van der Waals surface area (Å²) in [7, 11) is 0. The Kier molecular flexibility index (Phi) is 14.9. The monoisotopic (exact) mass is 435 g/mol. The van der Waals surface area contributed by atoms with Gasteiger partial charge in [-0.3, -0.25) is 0 Å². The van der Waals surface area contributed by atoms with Crippen molar-refractivity contribution in [3.05, 3.63) is 71.8 Å². The molecule has 0 aliphatic rings. The summed E-state index contributed by atoms with van der Waals surface area (Å²) in [6.45, 7) is 8.27. The van der Waals surface area contributed by atoms with E-state index < -0.39 is 0 Å². The van der Waals surface area contributed by atoms with E-state index >= 15 is 0 Å². The van der Waals surface area contributed by atoms with Crippen LogP contribution in [0.15, 0.2) is 60.7 Å². The molecule has 0 amide bonds. The Balaban J connectivity index is 1.55. The highest BCUT2D eigenvalue weighted by atomic mass is 15.1. The van der Waals surface area contributed by atoms with Crippen LogP contribution < -0.4 is 0 Å². The standard InChI is InChI=1S/C31H49N/c1-29(2)19-13-9-7-5-3-4-6-8-10-18-26-32(27-24-30-20-14-11-15-21-30)28-25-31-22-16-12-17-23-31/h11-12,14-17,20-23,29H,3-10,13,18-19,24-28H2,1-2H3. The van der Waals surface area contributed by atoms with Crippen molar-refractivity contribution in [1.82, 2.24) is 4.90 Å². The van der Waals surface area contributed by atoms with Crippen LogP contribution in [0.5, 0.6) is 0 Å². The van der Waals surface area contributed by atoms with Crippen molar-refractivity contribution in [2.75, 3.05) is 19.6 Å². The molecular formula is C31H49N. The SMILES string of the molecule is CC(C)CCCCCCCCCCCCN(CCc1ccccc1)CCc1ccccc1. The highest BCUT2D eigenvalue weighted by molar-refractivity contribution is 5.16. The summed E-state index contributed by atoms with van der Waals surface area (Å²) < 4.78 is 0. The average Bonchev–Trinajstić information content (AvgIpc) is 2.82. The molecule has 0 saturated carbocycles. The summed E-state index contributed by atoms with van der Waals surface area (Å²) in [6, 6.07) is 21.9. The zero-order chi connectivity index (χ0) is 22.7. The van der Waals surface area contributed by atoms with Crippen LogP contribution >= 0.6 is 0 Å². The summed E-state index contributed by atoms with van der Waals surface area (Å²) in [5.41, 5.74) is 2.92. The van der Waals surface area contributed by atoms with Crippen LogP contribution in [-0.2, 0) is 12.8 Å². The van der Waals surface area contributed by atoms with Gasteiger partial charge in [0.05, 0.1) is 0 Å². The number of hydrogen-bond acceptors (Lipinski definition) is 1. The van der Waals surface area contributed by atoms with Gasteiger partial charge in [-0.25, -0.2) is 0 Å². The highest BCUT2D eigenvalue weighted by Crippen LogP contribution is 2.14. The van der Waals surface area contributed by atoms with Gasteiger partial charge in [0, 0.05) is 13.1 Å². The van der Waals surface area contributed by atoms with Crippen LogP contribution in [0.2, 0.25) is 0 Å². The largest absolute Gasteiger partial charge is 0.303 e. The minimum absolute atomic E-state index is 0.877. The summed E-state index contributed by atoms with van der Waals surface area (Å²) in [5.74, 6) is 0.877. The van der Waals surface area contributed by atoms with E-state index in [-0.39, 0.29) is 0 Å². The quantitative estimate of drug-likeness (QED) is 0.199. The van der Waals surface area contributed by atoms with Gasteiger partial charge in [0.25, 0.3) is 0 Å². The van der Waals surface area contributed by atoms with Crippen LogP contribution in [0.4, 0.5) is 0 Å². The van der Waals surface area contributed by atoms with Gasteiger partial charge in [0.1, 0.15) is 0 Å². The molecule has 0 heterocycles. The Labute approximate surface area is 199 Å². The fourth-order valence-electron chi connectivity index (χ4n) is 4.50. The van der Waals surface area contributed by atoms with Crippen LogP contribution in [0, 0.1) is 5.92 Å². The zero-order valence-corrected chi connectivity index (χ0v) is 21.1. The van der Waals surface area contributed by atoms with Gasteiger partial charge in [-0.05, 0) is 42.9 Å². The van der Waals surface area contributed by atoms with Gasteiger partial charge < -0.3 is 4.90 Å². The lowest BCUT2D eigenvalue weighted by molar-refractivity contribution is 0.273. The molecule has 0 aliphatic carbocycles. The lowest BCUT2D eigenvalue weighted by Gasteiger charge is -2.22. The normalized spacial score (nSPS) is 11.5. The number of hydrogen-bond donors (Lipinski definition) is 0. The van der Waals surface area contributed by atoms with E-state index in [1.165, 1.54) is 101 Å². The molecule has 0 bridgehead atoms. The third-order valence-corrected chi connectivity index (χ3v) is 6.62. The molecule has 0 unspecified atom stereocenters. The van der Waals surface area contributed by atoms with Crippen molar-refractivity contribution in [2.45, 2.75) is 97.3 Å². The van der Waals surface area contributed by atoms with Crippen LogP contribution in [0.1, 0.15) is 95.6 Å². The molecule has 1 nitrogen and oxygen atoms in total. The molecular weight excluding hydrogens is 386 g/mol. The lowest BCUT2D eigenvalue weighted by Crippen LogP contribution is -2.29. The summed E-state index contributed by atoms with van der Waals surface area (Å²) in [4.78, 5) is 2.69. The number of benzene rings is 2. The minimum atomic E-state index is 0.877. The third-order valence-electron chi connectivity index (χ3n) is 6.62. The molecule has 2 rings (SSSR count). The van der Waals surface area contributed by atoms with Crippen molar-refractivity contribution < 1.29 is 0 Å². The average molecular weight is 436 g/mol. The van der Waals surface area contributed by atoms with Crippen molar-refractivity contribution in [3.8, 4) is 0 Å². The maximum absolute atomic E-state index is 2.69. The van der Waals surface area contributed by atoms with Crippen molar-refractivity contribution in [1.29, 1.82) is 0 Å². The Hall–Kier alpha value is -1.60. The molecule has 0 aliphatic heterocycles. The Morgan fingerprint density at radius 2 is 0.906 bits per heavy atom. The van der Waals surface area contributed by atoms with Gasteiger partial charge in [-0.2, -0.15) is 0 Å². The topological polar surface area (TPSA) is 3.24 Å². The molecule has 32 heavy (non-hydrogen) atoms. The van der Waals surface area contributed by atoms with E-state index in [1.807, 2.05) is 0 Å². The van der Waals surface area contributed by atoms with Gasteiger partial charge in [-0.1, -0.05) is 139 Å². The first kappa shape index (κ1) is 26.7. The first-order valence-corrected chi connectivity index (χ1v) is 13.5. The second kappa shape index (κ2) is 17.9. The van der Waals surface area contributed by atoms with E-state index in [9.17, 15) is 0 Å². The van der Waals surface area contributed by atoms with Gasteiger partial charge in [-0.15, -0.1) is 0 Å². The maximum Gasteiger partial charge on any atom is 0.00219 e. The Bertz CT molecular complexity index is 605. The lowest BCUT2D eigenvalue weighted by atomic mass is 10.0. The second-order valence-electron chi connectivity index (χ2n) is 10.0. The molecule has 0 spiro atoms. The third kappa shape index (κ3) is 13.7. The Morgan fingerprint density at radius 3 is 1.34 bits per heavy atom. The van der Waals surface area contributed by atoms with Crippen LogP contribution in [0.3, 0.4) is 0 Å². The van der Waals surface area contributed by atoms with E-state index in [4.69, 9.17) is 0 Å². The van der Waals surface area contributed by atoms with E-state index in [0.717, 1.165) is 18.8 Å². The van der Waals surface area contributed by atoms with Crippen molar-refractivity contribution >= 4 is 0 Å². The highest BCUT2D eigenvalue weighted by Gasteiger charge is 2.06. The summed E-state index contributed by atoms with van der Waals surface area (Å²) in [5, 5.41) is 0. The molecule has 178 valence electrons. The number of nitrogens with zero attached hydrogens (tertiary/aromatic N) is 1. The summed E-state index contributed by atoms with van der Waals surface area (Å²) in [6.07, 6.45) is 18.0. The van der Waals surface area contributed by atoms with Gasteiger partial charge in [0.2, 0.25) is 0 Å². The fraction of sp³-hybridized carbons (Fsp3) is 0.613. The first-order chi connectivity index (χ1) is 15.7. The second-order valence-corrected chi connectivity index (χ2v) is 10.0. The van der Waals surface area contributed by atoms with E-state index in [0.29, 0.717) is 0 Å². The predicted octanol–water partition coefficient (Wildman–Crippen LogP) is 8.72. The smallest absolute Gasteiger partial charge is 0.00219 e. The molecule has 1 heteroatoms. The van der Waals surface area contributed by atoms with Gasteiger partial charge in [0.15, 0.2) is 0 Å². The number of unbranched alkanes of at least 4 members (excludes halogenated alkanes) is 9. The van der Waals surface area contributed by atoms with Crippen molar-refractivity contribution in [2.24, 2.45) is 5.92 Å². The predicted molar refractivity (Wildman–Crippen MR) is 142 cm³/mol.